The largest absolute Gasteiger partial charge is 0.336 e. The van der Waals surface area contributed by atoms with Crippen LogP contribution in [-0.2, 0) is 11.3 Å². The molecule has 0 radical (unpaired) electrons. The molecule has 1 aromatic heterocycles. The number of aromatic nitrogens is 2. The predicted molar refractivity (Wildman–Crippen MR) is 91.2 cm³/mol. The van der Waals surface area contributed by atoms with Crippen LogP contribution in [0.4, 0.5) is 0 Å². The summed E-state index contributed by atoms with van der Waals surface area (Å²) in [4.78, 5) is 17.6. The van der Waals surface area contributed by atoms with Crippen LogP contribution >= 0.6 is 0 Å². The molecule has 0 bridgehead atoms. The fraction of sp³-hybridized carbons (Fsp3) is 0.333. The fourth-order valence-electron chi connectivity index (χ4n) is 3.17. The Morgan fingerprint density at radius 1 is 1.33 bits per heavy atom. The van der Waals surface area contributed by atoms with Gasteiger partial charge in [-0.25, -0.2) is 10.5 Å². The third-order valence-corrected chi connectivity index (χ3v) is 4.43. The van der Waals surface area contributed by atoms with E-state index < -0.39 is 5.91 Å². The lowest BCUT2D eigenvalue weighted by atomic mass is 10.0. The number of hydrogen-bond donors (Lipinski definition) is 2. The Morgan fingerprint density at radius 3 is 2.88 bits per heavy atom. The molecule has 0 saturated carbocycles. The lowest BCUT2D eigenvalue weighted by Gasteiger charge is -2.25. The summed E-state index contributed by atoms with van der Waals surface area (Å²) in [5.74, 6) is -0.527. The summed E-state index contributed by atoms with van der Waals surface area (Å²) in [6.07, 6.45) is 11.0. The van der Waals surface area contributed by atoms with E-state index in [9.17, 15) is 4.79 Å². The summed E-state index contributed by atoms with van der Waals surface area (Å²) in [6.45, 7) is 3.09. The molecular weight excluding hydrogens is 304 g/mol. The second-order valence-corrected chi connectivity index (χ2v) is 5.97. The zero-order valence-corrected chi connectivity index (χ0v) is 13.5. The number of rotatable bonds is 6. The molecule has 0 spiro atoms. The van der Waals surface area contributed by atoms with Crippen molar-refractivity contribution < 1.29 is 10.0 Å². The minimum absolute atomic E-state index is 0.451. The fourth-order valence-corrected chi connectivity index (χ4v) is 3.17. The Labute approximate surface area is 141 Å². The van der Waals surface area contributed by atoms with Gasteiger partial charge in [0.15, 0.2) is 0 Å². The van der Waals surface area contributed by atoms with Crippen LogP contribution in [0.15, 0.2) is 49.1 Å². The molecule has 0 unspecified atom stereocenters. The van der Waals surface area contributed by atoms with E-state index in [2.05, 4.69) is 26.6 Å². The number of imidazole rings is 1. The van der Waals surface area contributed by atoms with Crippen LogP contribution in [0.2, 0.25) is 0 Å². The van der Waals surface area contributed by atoms with E-state index in [0.29, 0.717) is 6.04 Å². The number of nitrogens with zero attached hydrogens (tertiary/aromatic N) is 3. The summed E-state index contributed by atoms with van der Waals surface area (Å²) in [7, 11) is 0. The number of hydrogen-bond acceptors (Lipinski definition) is 4. The summed E-state index contributed by atoms with van der Waals surface area (Å²) in [5.41, 5.74) is 3.83. The second kappa shape index (κ2) is 7.90. The third kappa shape index (κ3) is 4.10. The highest BCUT2D eigenvalue weighted by atomic mass is 16.5. The van der Waals surface area contributed by atoms with Crippen molar-refractivity contribution in [2.24, 2.45) is 0 Å². The van der Waals surface area contributed by atoms with Gasteiger partial charge in [-0.15, -0.1) is 0 Å². The Balaban J connectivity index is 1.62. The van der Waals surface area contributed by atoms with Gasteiger partial charge in [0, 0.05) is 37.6 Å². The van der Waals surface area contributed by atoms with Crippen LogP contribution in [-0.4, -0.2) is 38.7 Å². The van der Waals surface area contributed by atoms with Gasteiger partial charge in [0.1, 0.15) is 0 Å². The molecule has 2 aromatic rings. The maximum absolute atomic E-state index is 11.0. The molecule has 6 heteroatoms. The van der Waals surface area contributed by atoms with Crippen molar-refractivity contribution >= 4 is 12.0 Å². The molecule has 1 aliphatic heterocycles. The van der Waals surface area contributed by atoms with Crippen molar-refractivity contribution in [3.8, 4) is 0 Å². The first-order valence-electron chi connectivity index (χ1n) is 8.18. The number of carbonyl (C=O) groups excluding carboxylic acids is 1. The summed E-state index contributed by atoms with van der Waals surface area (Å²) >= 11 is 0. The number of likely N-dealkylation sites (tertiary alicyclic amines) is 1. The number of nitrogens with one attached hydrogen (secondary N) is 1. The summed E-state index contributed by atoms with van der Waals surface area (Å²) in [5, 5.41) is 8.49. The zero-order chi connectivity index (χ0) is 16.8. The molecule has 0 aliphatic carbocycles. The second-order valence-electron chi connectivity index (χ2n) is 5.97. The van der Waals surface area contributed by atoms with Crippen molar-refractivity contribution in [2.75, 3.05) is 13.1 Å². The Kier molecular flexibility index (Phi) is 5.40. The molecular formula is C18H22N4O2. The van der Waals surface area contributed by atoms with Gasteiger partial charge >= 0.3 is 0 Å². The number of carbonyl (C=O) groups is 1. The van der Waals surface area contributed by atoms with Crippen LogP contribution in [0.3, 0.4) is 0 Å². The first-order chi connectivity index (χ1) is 11.8. The van der Waals surface area contributed by atoms with Crippen LogP contribution in [0, 0.1) is 0 Å². The Hall–Kier alpha value is -2.44. The van der Waals surface area contributed by atoms with Crippen molar-refractivity contribution in [3.63, 3.8) is 0 Å². The predicted octanol–water partition coefficient (Wildman–Crippen LogP) is 2.24. The topological polar surface area (TPSA) is 70.4 Å². The van der Waals surface area contributed by atoms with Gasteiger partial charge < -0.3 is 4.57 Å². The van der Waals surface area contributed by atoms with E-state index in [1.165, 1.54) is 24.5 Å². The van der Waals surface area contributed by atoms with Gasteiger partial charge in [0.25, 0.3) is 5.91 Å². The first kappa shape index (κ1) is 16.4. The minimum atomic E-state index is -0.527. The molecule has 3 rings (SSSR count). The average Bonchev–Trinajstić information content (AvgIpc) is 3.29. The van der Waals surface area contributed by atoms with E-state index in [4.69, 9.17) is 5.21 Å². The smallest absolute Gasteiger partial charge is 0.267 e. The molecule has 2 heterocycles. The summed E-state index contributed by atoms with van der Waals surface area (Å²) in [6, 6.07) is 8.70. The number of benzene rings is 1. The van der Waals surface area contributed by atoms with Crippen molar-refractivity contribution in [3.05, 3.63) is 60.2 Å². The maximum atomic E-state index is 11.0. The van der Waals surface area contributed by atoms with Crippen LogP contribution in [0.25, 0.3) is 6.08 Å². The number of hydroxylamine groups is 1. The Morgan fingerprint density at radius 2 is 2.17 bits per heavy atom. The molecule has 1 aromatic carbocycles. The van der Waals surface area contributed by atoms with E-state index in [1.54, 1.807) is 11.6 Å². The normalized spacial score (nSPS) is 18.3. The summed E-state index contributed by atoms with van der Waals surface area (Å²) < 4.78 is 2.11. The van der Waals surface area contributed by atoms with Gasteiger partial charge in [0.05, 0.1) is 6.33 Å². The lowest BCUT2D eigenvalue weighted by molar-refractivity contribution is -0.124. The molecule has 1 atom stereocenters. The molecule has 24 heavy (non-hydrogen) atoms. The molecule has 1 saturated heterocycles. The van der Waals surface area contributed by atoms with Crippen molar-refractivity contribution in [1.29, 1.82) is 0 Å². The zero-order valence-electron chi connectivity index (χ0n) is 13.5. The minimum Gasteiger partial charge on any atom is -0.336 e. The monoisotopic (exact) mass is 326 g/mol. The number of amides is 1. The van der Waals surface area contributed by atoms with Gasteiger partial charge in [-0.05, 0) is 36.6 Å². The van der Waals surface area contributed by atoms with E-state index in [-0.39, 0.29) is 0 Å². The lowest BCUT2D eigenvalue weighted by Crippen LogP contribution is -2.27. The van der Waals surface area contributed by atoms with Crippen LogP contribution < -0.4 is 5.48 Å². The highest BCUT2D eigenvalue weighted by Gasteiger charge is 2.25. The molecule has 1 fully saturated rings. The Bertz CT molecular complexity index is 680. The third-order valence-electron chi connectivity index (χ3n) is 4.43. The highest BCUT2D eigenvalue weighted by molar-refractivity contribution is 5.90. The van der Waals surface area contributed by atoms with Crippen LogP contribution in [0.5, 0.6) is 0 Å². The van der Waals surface area contributed by atoms with E-state index in [0.717, 1.165) is 25.2 Å². The van der Waals surface area contributed by atoms with Crippen molar-refractivity contribution in [2.45, 2.75) is 25.4 Å². The average molecular weight is 326 g/mol. The molecule has 126 valence electrons. The van der Waals surface area contributed by atoms with Gasteiger partial charge in [-0.2, -0.15) is 0 Å². The highest BCUT2D eigenvalue weighted by Crippen LogP contribution is 2.31. The van der Waals surface area contributed by atoms with Crippen LogP contribution in [0.1, 0.15) is 30.0 Å². The molecule has 1 amide bonds. The van der Waals surface area contributed by atoms with Gasteiger partial charge in [0.2, 0.25) is 0 Å². The standard InChI is InChI=1S/C18H22N4O2/c23-18(20-24)8-5-15-3-6-16(7-4-15)17-2-1-10-22(17)13-12-21-11-9-19-14-21/h3-9,11,14,17,24H,1-2,10,12-13H2,(H,20,23)/b8-5+/t17-/m0/s1. The SMILES string of the molecule is O=C(/C=C/c1ccc([C@@H]2CCCN2CCn2ccnc2)cc1)NO. The van der Waals surface area contributed by atoms with Crippen molar-refractivity contribution in [1.82, 2.24) is 19.9 Å². The molecule has 2 N–H and O–H groups in total. The molecule has 1 aliphatic rings. The van der Waals surface area contributed by atoms with E-state index >= 15 is 0 Å². The molecule has 6 nitrogen and oxygen atoms in total. The van der Waals surface area contributed by atoms with Gasteiger partial charge in [-0.3, -0.25) is 14.9 Å². The van der Waals surface area contributed by atoms with E-state index in [1.807, 2.05) is 30.9 Å². The quantitative estimate of drug-likeness (QED) is 0.485. The first-order valence-corrected chi connectivity index (χ1v) is 8.18. The maximum Gasteiger partial charge on any atom is 0.267 e. The van der Waals surface area contributed by atoms with Gasteiger partial charge in [-0.1, -0.05) is 24.3 Å².